The lowest BCUT2D eigenvalue weighted by molar-refractivity contribution is 0.623. The molecule has 2 heterocycles. The Labute approximate surface area is 94.1 Å². The van der Waals surface area contributed by atoms with Gasteiger partial charge in [0.2, 0.25) is 0 Å². The molecule has 4 nitrogen and oxygen atoms in total. The van der Waals surface area contributed by atoms with Crippen LogP contribution in [0.3, 0.4) is 0 Å². The van der Waals surface area contributed by atoms with Crippen LogP contribution in [0.15, 0.2) is 22.8 Å². The van der Waals surface area contributed by atoms with Gasteiger partial charge in [0, 0.05) is 23.8 Å². The minimum absolute atomic E-state index is 0.200. The van der Waals surface area contributed by atoms with Crippen molar-refractivity contribution in [2.24, 2.45) is 7.05 Å². The van der Waals surface area contributed by atoms with Crippen LogP contribution >= 0.6 is 15.9 Å². The van der Waals surface area contributed by atoms with Gasteiger partial charge in [-0.2, -0.15) is 5.10 Å². The van der Waals surface area contributed by atoms with E-state index in [4.69, 9.17) is 5.73 Å². The number of aryl methyl sites for hydroxylation is 1. The van der Waals surface area contributed by atoms with Gasteiger partial charge in [-0.1, -0.05) is 0 Å². The zero-order valence-corrected chi connectivity index (χ0v) is 9.49. The number of nitrogens with zero attached hydrogens (tertiary/aromatic N) is 3. The first-order valence-corrected chi connectivity index (χ1v) is 4.98. The Bertz CT molecular complexity index is 489. The fourth-order valence-electron chi connectivity index (χ4n) is 1.20. The number of pyridine rings is 1. The maximum absolute atomic E-state index is 13.5. The molecule has 0 spiro atoms. The lowest BCUT2D eigenvalue weighted by Crippen LogP contribution is -1.97. The quantitative estimate of drug-likeness (QED) is 0.862. The molecule has 0 radical (unpaired) electrons. The molecule has 0 aromatic carbocycles. The van der Waals surface area contributed by atoms with Crippen LogP contribution in [-0.2, 0) is 7.05 Å². The Kier molecular flexibility index (Phi) is 2.44. The molecular formula is C9H8BrFN4. The van der Waals surface area contributed by atoms with Gasteiger partial charge in [0.15, 0.2) is 5.82 Å². The second-order valence-corrected chi connectivity index (χ2v) is 3.98. The smallest absolute Gasteiger partial charge is 0.152 e. The summed E-state index contributed by atoms with van der Waals surface area (Å²) < 4.78 is 15.6. The summed E-state index contributed by atoms with van der Waals surface area (Å²) in [7, 11) is 1.69. The van der Waals surface area contributed by atoms with Crippen molar-refractivity contribution in [3.63, 3.8) is 0 Å². The number of hydrogen-bond acceptors (Lipinski definition) is 3. The fraction of sp³-hybridized carbons (Fsp3) is 0.111. The summed E-state index contributed by atoms with van der Waals surface area (Å²) in [5.41, 5.74) is 6.23. The summed E-state index contributed by atoms with van der Waals surface area (Å²) in [6.07, 6.45) is 1.52. The zero-order valence-electron chi connectivity index (χ0n) is 7.91. The molecule has 0 amide bonds. The first kappa shape index (κ1) is 10.1. The third-order valence-electron chi connectivity index (χ3n) is 1.97. The zero-order chi connectivity index (χ0) is 11.0. The Morgan fingerprint density at radius 3 is 2.73 bits per heavy atom. The summed E-state index contributed by atoms with van der Waals surface area (Å²) in [5, 5.41) is 4.04. The van der Waals surface area contributed by atoms with Crippen molar-refractivity contribution in [1.29, 1.82) is 0 Å². The van der Waals surface area contributed by atoms with Crippen LogP contribution in [-0.4, -0.2) is 14.8 Å². The lowest BCUT2D eigenvalue weighted by Gasteiger charge is -1.98. The Morgan fingerprint density at radius 2 is 2.20 bits per heavy atom. The molecule has 0 atom stereocenters. The average molecular weight is 271 g/mol. The van der Waals surface area contributed by atoms with Gasteiger partial charge in [-0.15, -0.1) is 0 Å². The molecule has 0 saturated carbocycles. The van der Waals surface area contributed by atoms with Crippen LogP contribution < -0.4 is 5.73 Å². The van der Waals surface area contributed by atoms with E-state index in [9.17, 15) is 4.39 Å². The van der Waals surface area contributed by atoms with E-state index in [1.165, 1.54) is 16.9 Å². The molecule has 2 N–H and O–H groups in total. The van der Waals surface area contributed by atoms with Crippen molar-refractivity contribution in [1.82, 2.24) is 14.8 Å². The van der Waals surface area contributed by atoms with E-state index in [0.717, 1.165) is 0 Å². The van der Waals surface area contributed by atoms with E-state index in [-0.39, 0.29) is 5.69 Å². The Balaban J connectivity index is 2.54. The fourth-order valence-corrected chi connectivity index (χ4v) is 1.50. The van der Waals surface area contributed by atoms with Crippen molar-refractivity contribution in [2.75, 3.05) is 5.73 Å². The maximum Gasteiger partial charge on any atom is 0.152 e. The third kappa shape index (κ3) is 1.85. The van der Waals surface area contributed by atoms with Gasteiger partial charge < -0.3 is 5.73 Å². The second kappa shape index (κ2) is 3.62. The predicted molar refractivity (Wildman–Crippen MR) is 58.5 cm³/mol. The molecule has 0 aliphatic rings. The van der Waals surface area contributed by atoms with Gasteiger partial charge >= 0.3 is 0 Å². The van der Waals surface area contributed by atoms with Crippen molar-refractivity contribution in [3.8, 4) is 11.4 Å². The third-order valence-corrected chi connectivity index (χ3v) is 2.40. The van der Waals surface area contributed by atoms with Crippen molar-refractivity contribution >= 4 is 21.7 Å². The molecule has 6 heteroatoms. The van der Waals surface area contributed by atoms with E-state index >= 15 is 0 Å². The second-order valence-electron chi connectivity index (χ2n) is 3.06. The summed E-state index contributed by atoms with van der Waals surface area (Å²) in [5.74, 6) is 0.0385. The SMILES string of the molecule is Cn1nc(-c2ncc(Br)cc2F)cc1N. The molecule has 0 fully saturated rings. The summed E-state index contributed by atoms with van der Waals surface area (Å²) in [6.45, 7) is 0. The van der Waals surface area contributed by atoms with Crippen molar-refractivity contribution < 1.29 is 4.39 Å². The van der Waals surface area contributed by atoms with E-state index in [1.54, 1.807) is 13.1 Å². The Morgan fingerprint density at radius 1 is 1.47 bits per heavy atom. The lowest BCUT2D eigenvalue weighted by atomic mass is 10.2. The largest absolute Gasteiger partial charge is 0.384 e. The van der Waals surface area contributed by atoms with Crippen molar-refractivity contribution in [2.45, 2.75) is 0 Å². The molecule has 2 aromatic heterocycles. The molecule has 2 rings (SSSR count). The number of nitrogen functional groups attached to an aromatic ring is 1. The standard InChI is InChI=1S/C9H8BrFN4/c1-15-8(12)3-7(14-15)9-6(11)2-5(10)4-13-9/h2-4H,12H2,1H3. The minimum Gasteiger partial charge on any atom is -0.384 e. The first-order chi connectivity index (χ1) is 7.08. The molecular weight excluding hydrogens is 263 g/mol. The highest BCUT2D eigenvalue weighted by Gasteiger charge is 2.11. The highest BCUT2D eigenvalue weighted by atomic mass is 79.9. The van der Waals surface area contributed by atoms with Crippen LogP contribution in [0.1, 0.15) is 0 Å². The summed E-state index contributed by atoms with van der Waals surface area (Å²) in [4.78, 5) is 3.95. The number of nitrogens with two attached hydrogens (primary N) is 1. The van der Waals surface area contributed by atoms with Crippen LogP contribution in [0.4, 0.5) is 10.2 Å². The van der Waals surface area contributed by atoms with Gasteiger partial charge in [0.05, 0.1) is 0 Å². The summed E-state index contributed by atoms with van der Waals surface area (Å²) >= 11 is 3.14. The Hall–Kier alpha value is -1.43. The van der Waals surface area contributed by atoms with Crippen molar-refractivity contribution in [3.05, 3.63) is 28.6 Å². The molecule has 0 aliphatic carbocycles. The molecule has 78 valence electrons. The first-order valence-electron chi connectivity index (χ1n) is 4.19. The predicted octanol–water partition coefficient (Wildman–Crippen LogP) is 1.97. The van der Waals surface area contributed by atoms with Crippen LogP contribution in [0.5, 0.6) is 0 Å². The van der Waals surface area contributed by atoms with Crippen LogP contribution in [0.25, 0.3) is 11.4 Å². The number of hydrogen-bond donors (Lipinski definition) is 1. The highest BCUT2D eigenvalue weighted by Crippen LogP contribution is 2.22. The normalized spacial score (nSPS) is 10.6. The summed E-state index contributed by atoms with van der Waals surface area (Å²) in [6, 6.07) is 2.92. The van der Waals surface area contributed by atoms with Gasteiger partial charge in [0.1, 0.15) is 17.2 Å². The number of halogens is 2. The minimum atomic E-state index is -0.428. The molecule has 2 aromatic rings. The van der Waals surface area contributed by atoms with Crippen LogP contribution in [0.2, 0.25) is 0 Å². The van der Waals surface area contributed by atoms with E-state index in [0.29, 0.717) is 16.0 Å². The van der Waals surface area contributed by atoms with Gasteiger partial charge in [0.25, 0.3) is 0 Å². The number of aromatic nitrogens is 3. The van der Waals surface area contributed by atoms with Gasteiger partial charge in [-0.3, -0.25) is 9.67 Å². The number of rotatable bonds is 1. The molecule has 0 bridgehead atoms. The molecule has 0 saturated heterocycles. The van der Waals surface area contributed by atoms with E-state index < -0.39 is 5.82 Å². The monoisotopic (exact) mass is 270 g/mol. The van der Waals surface area contributed by atoms with Gasteiger partial charge in [-0.05, 0) is 22.0 Å². The molecule has 0 aliphatic heterocycles. The topological polar surface area (TPSA) is 56.7 Å². The number of anilines is 1. The van der Waals surface area contributed by atoms with Gasteiger partial charge in [-0.25, -0.2) is 4.39 Å². The van der Waals surface area contributed by atoms with E-state index in [1.807, 2.05) is 0 Å². The highest BCUT2D eigenvalue weighted by molar-refractivity contribution is 9.10. The molecule has 15 heavy (non-hydrogen) atoms. The van der Waals surface area contributed by atoms with Crippen LogP contribution in [0, 0.1) is 5.82 Å². The molecule has 0 unspecified atom stereocenters. The average Bonchev–Trinajstić information content (AvgIpc) is 2.46. The van der Waals surface area contributed by atoms with E-state index in [2.05, 4.69) is 26.0 Å². The maximum atomic E-state index is 13.5.